The predicted octanol–water partition coefficient (Wildman–Crippen LogP) is 1.78. The molecule has 116 valence electrons. The number of sulfonamides is 1. The lowest BCUT2D eigenvalue weighted by Gasteiger charge is -2.33. The van der Waals surface area contributed by atoms with E-state index in [0.717, 1.165) is 19.3 Å². The van der Waals surface area contributed by atoms with Crippen molar-refractivity contribution >= 4 is 21.7 Å². The van der Waals surface area contributed by atoms with Crippen LogP contribution in [0.1, 0.15) is 32.1 Å². The molecule has 0 saturated heterocycles. The number of anilines is 1. The van der Waals surface area contributed by atoms with Crippen molar-refractivity contribution in [2.45, 2.75) is 37.0 Å². The molecule has 0 heterocycles. The van der Waals surface area contributed by atoms with E-state index in [9.17, 15) is 18.3 Å². The number of carboxylic acids is 1. The Morgan fingerprint density at radius 3 is 2.43 bits per heavy atom. The van der Waals surface area contributed by atoms with E-state index in [1.807, 2.05) is 0 Å². The molecule has 21 heavy (non-hydrogen) atoms. The second-order valence-electron chi connectivity index (χ2n) is 5.54. The van der Waals surface area contributed by atoms with Crippen LogP contribution in [-0.4, -0.2) is 26.0 Å². The van der Waals surface area contributed by atoms with Gasteiger partial charge in [0.05, 0.1) is 11.1 Å². The fourth-order valence-corrected chi connectivity index (χ4v) is 3.53. The molecule has 1 saturated carbocycles. The molecule has 0 spiro atoms. The molecule has 1 fully saturated rings. The standard InChI is InChI=1S/C14H20N2O4S/c15-21(19,20)12-7-3-2-6-11(12)16-10-14(13(17)18)8-4-1-5-9-14/h2-3,6-7,16H,1,4-5,8-10H2,(H,17,18)(H2,15,19,20). The molecule has 1 aliphatic rings. The van der Waals surface area contributed by atoms with Crippen molar-refractivity contribution in [2.75, 3.05) is 11.9 Å². The second kappa shape index (κ2) is 6.03. The van der Waals surface area contributed by atoms with Crippen molar-refractivity contribution in [3.05, 3.63) is 24.3 Å². The zero-order chi connectivity index (χ0) is 15.5. The lowest BCUT2D eigenvalue weighted by atomic mass is 9.74. The molecule has 0 aliphatic heterocycles. The fourth-order valence-electron chi connectivity index (χ4n) is 2.82. The van der Waals surface area contributed by atoms with E-state index in [1.165, 1.54) is 6.07 Å². The number of hydrogen-bond donors (Lipinski definition) is 3. The first-order valence-electron chi connectivity index (χ1n) is 6.94. The molecule has 0 amide bonds. The van der Waals surface area contributed by atoms with Gasteiger partial charge in [-0.1, -0.05) is 31.4 Å². The molecule has 7 heteroatoms. The monoisotopic (exact) mass is 312 g/mol. The van der Waals surface area contributed by atoms with Gasteiger partial charge in [-0.15, -0.1) is 0 Å². The minimum atomic E-state index is -3.84. The number of rotatable bonds is 5. The number of nitrogens with one attached hydrogen (secondary N) is 1. The first kappa shape index (κ1) is 15.8. The molecule has 0 radical (unpaired) electrons. The highest BCUT2D eigenvalue weighted by Crippen LogP contribution is 2.37. The van der Waals surface area contributed by atoms with Gasteiger partial charge in [-0.3, -0.25) is 4.79 Å². The number of carbonyl (C=O) groups is 1. The maximum atomic E-state index is 11.6. The summed E-state index contributed by atoms with van der Waals surface area (Å²) in [6.45, 7) is 0.203. The van der Waals surface area contributed by atoms with Crippen molar-refractivity contribution in [1.29, 1.82) is 0 Å². The SMILES string of the molecule is NS(=O)(=O)c1ccccc1NCC1(C(=O)O)CCCCC1. The minimum absolute atomic E-state index is 0.0126. The Balaban J connectivity index is 2.21. The van der Waals surface area contributed by atoms with Gasteiger partial charge in [0, 0.05) is 6.54 Å². The summed E-state index contributed by atoms with van der Waals surface area (Å²) < 4.78 is 23.1. The third kappa shape index (κ3) is 3.54. The molecule has 0 atom stereocenters. The lowest BCUT2D eigenvalue weighted by molar-refractivity contribution is -0.150. The quantitative estimate of drug-likeness (QED) is 0.767. The maximum Gasteiger partial charge on any atom is 0.311 e. The predicted molar refractivity (Wildman–Crippen MR) is 79.5 cm³/mol. The maximum absolute atomic E-state index is 11.6. The summed E-state index contributed by atoms with van der Waals surface area (Å²) in [6.07, 6.45) is 4.01. The summed E-state index contributed by atoms with van der Waals surface area (Å²) in [5, 5.41) is 17.7. The highest BCUT2D eigenvalue weighted by molar-refractivity contribution is 7.89. The van der Waals surface area contributed by atoms with Crippen molar-refractivity contribution in [2.24, 2.45) is 10.6 Å². The topological polar surface area (TPSA) is 109 Å². The summed E-state index contributed by atoms with van der Waals surface area (Å²) in [6, 6.07) is 6.27. The largest absolute Gasteiger partial charge is 0.481 e. The number of aliphatic carboxylic acids is 1. The van der Waals surface area contributed by atoms with E-state index in [1.54, 1.807) is 18.2 Å². The third-order valence-corrected chi connectivity index (χ3v) is 5.04. The highest BCUT2D eigenvalue weighted by Gasteiger charge is 2.39. The average molecular weight is 312 g/mol. The van der Waals surface area contributed by atoms with E-state index in [-0.39, 0.29) is 11.4 Å². The van der Waals surface area contributed by atoms with Crippen LogP contribution in [-0.2, 0) is 14.8 Å². The molecule has 1 aliphatic carbocycles. The number of benzene rings is 1. The summed E-state index contributed by atoms with van der Waals surface area (Å²) in [5.41, 5.74) is -0.477. The van der Waals surface area contributed by atoms with Crippen LogP contribution in [0.25, 0.3) is 0 Å². The van der Waals surface area contributed by atoms with Crippen LogP contribution in [0.4, 0.5) is 5.69 Å². The Kier molecular flexibility index (Phi) is 4.53. The van der Waals surface area contributed by atoms with Crippen LogP contribution < -0.4 is 10.5 Å². The van der Waals surface area contributed by atoms with Crippen LogP contribution in [0, 0.1) is 5.41 Å². The molecular weight excluding hydrogens is 292 g/mol. The lowest BCUT2D eigenvalue weighted by Crippen LogP contribution is -2.39. The van der Waals surface area contributed by atoms with Gasteiger partial charge in [-0.25, -0.2) is 13.6 Å². The van der Waals surface area contributed by atoms with E-state index in [2.05, 4.69) is 5.32 Å². The Bertz CT molecular complexity index is 622. The van der Waals surface area contributed by atoms with Crippen molar-refractivity contribution in [3.8, 4) is 0 Å². The summed E-state index contributed by atoms with van der Waals surface area (Å²) in [4.78, 5) is 11.6. The number of para-hydroxylation sites is 1. The molecule has 2 rings (SSSR count). The minimum Gasteiger partial charge on any atom is -0.481 e. The van der Waals surface area contributed by atoms with Gasteiger partial charge < -0.3 is 10.4 Å². The van der Waals surface area contributed by atoms with Crippen LogP contribution in [0.2, 0.25) is 0 Å². The number of primary sulfonamides is 1. The van der Waals surface area contributed by atoms with Gasteiger partial charge >= 0.3 is 5.97 Å². The van der Waals surface area contributed by atoms with Gasteiger partial charge in [0.25, 0.3) is 0 Å². The van der Waals surface area contributed by atoms with Crippen LogP contribution in [0.5, 0.6) is 0 Å². The van der Waals surface area contributed by atoms with Gasteiger partial charge in [0.15, 0.2) is 0 Å². The fraction of sp³-hybridized carbons (Fsp3) is 0.500. The van der Waals surface area contributed by atoms with Crippen molar-refractivity contribution in [3.63, 3.8) is 0 Å². The van der Waals surface area contributed by atoms with Gasteiger partial charge in [0.1, 0.15) is 4.90 Å². The number of nitrogens with two attached hydrogens (primary N) is 1. The Morgan fingerprint density at radius 1 is 1.24 bits per heavy atom. The summed E-state index contributed by atoms with van der Waals surface area (Å²) in [5.74, 6) is -0.831. The van der Waals surface area contributed by atoms with E-state index in [4.69, 9.17) is 5.14 Å². The molecule has 0 aromatic heterocycles. The second-order valence-corrected chi connectivity index (χ2v) is 7.07. The first-order valence-corrected chi connectivity index (χ1v) is 8.49. The molecule has 6 nitrogen and oxygen atoms in total. The molecule has 4 N–H and O–H groups in total. The zero-order valence-corrected chi connectivity index (χ0v) is 12.5. The normalized spacial score (nSPS) is 18.1. The van der Waals surface area contributed by atoms with E-state index in [0.29, 0.717) is 18.5 Å². The van der Waals surface area contributed by atoms with Crippen LogP contribution in [0.3, 0.4) is 0 Å². The Labute approximate surface area is 124 Å². The zero-order valence-electron chi connectivity index (χ0n) is 11.7. The highest BCUT2D eigenvalue weighted by atomic mass is 32.2. The smallest absolute Gasteiger partial charge is 0.311 e. The first-order chi connectivity index (χ1) is 9.85. The third-order valence-electron chi connectivity index (χ3n) is 4.08. The Morgan fingerprint density at radius 2 is 1.86 bits per heavy atom. The molecular formula is C14H20N2O4S. The van der Waals surface area contributed by atoms with Gasteiger partial charge in [-0.05, 0) is 25.0 Å². The van der Waals surface area contributed by atoms with E-state index >= 15 is 0 Å². The molecule has 0 unspecified atom stereocenters. The summed E-state index contributed by atoms with van der Waals surface area (Å²) in [7, 11) is -3.84. The molecule has 1 aromatic rings. The van der Waals surface area contributed by atoms with E-state index < -0.39 is 21.4 Å². The Hall–Kier alpha value is -1.60. The molecule has 1 aromatic carbocycles. The molecule has 0 bridgehead atoms. The number of hydrogen-bond acceptors (Lipinski definition) is 4. The van der Waals surface area contributed by atoms with Crippen molar-refractivity contribution in [1.82, 2.24) is 0 Å². The van der Waals surface area contributed by atoms with Crippen molar-refractivity contribution < 1.29 is 18.3 Å². The van der Waals surface area contributed by atoms with Crippen LogP contribution in [0.15, 0.2) is 29.2 Å². The summed E-state index contributed by atoms with van der Waals surface area (Å²) >= 11 is 0. The van der Waals surface area contributed by atoms with Crippen LogP contribution >= 0.6 is 0 Å². The average Bonchev–Trinajstić information content (AvgIpc) is 2.45. The van der Waals surface area contributed by atoms with Gasteiger partial charge in [0.2, 0.25) is 10.0 Å². The van der Waals surface area contributed by atoms with Gasteiger partial charge in [-0.2, -0.15) is 0 Å². The number of carboxylic acid groups (broad SMARTS) is 1.